The minimum atomic E-state index is -0.961. The first-order valence-electron chi connectivity index (χ1n) is 8.65. The standard InChI is InChI=1S/C19H27N3O3/c1-13(2)9-10-19(4,25)12-20-17(23)11-22-18(24)16-8-6-5-7-15(16)14(3)21-22/h5-8,13,25H,9-12H2,1-4H3,(H,20,23). The van der Waals surface area contributed by atoms with Gasteiger partial charge in [-0.1, -0.05) is 32.0 Å². The van der Waals surface area contributed by atoms with E-state index in [1.54, 1.807) is 19.1 Å². The van der Waals surface area contributed by atoms with E-state index in [9.17, 15) is 14.7 Å². The highest BCUT2D eigenvalue weighted by Crippen LogP contribution is 2.15. The van der Waals surface area contributed by atoms with E-state index in [2.05, 4.69) is 24.3 Å². The lowest BCUT2D eigenvalue weighted by molar-refractivity contribution is -0.123. The molecule has 1 amide bonds. The molecule has 0 aliphatic rings. The van der Waals surface area contributed by atoms with Crippen LogP contribution in [-0.2, 0) is 11.3 Å². The number of nitrogens with one attached hydrogen (secondary N) is 1. The van der Waals surface area contributed by atoms with E-state index < -0.39 is 5.60 Å². The summed E-state index contributed by atoms with van der Waals surface area (Å²) < 4.78 is 1.18. The predicted octanol–water partition coefficient (Wildman–Crippen LogP) is 2.01. The molecule has 1 atom stereocenters. The molecule has 6 heteroatoms. The van der Waals surface area contributed by atoms with Crippen LogP contribution < -0.4 is 10.9 Å². The van der Waals surface area contributed by atoms with E-state index in [0.29, 0.717) is 23.4 Å². The van der Waals surface area contributed by atoms with Crippen molar-refractivity contribution in [2.75, 3.05) is 6.54 Å². The molecule has 0 saturated heterocycles. The third kappa shape index (κ3) is 5.13. The summed E-state index contributed by atoms with van der Waals surface area (Å²) in [5.41, 5.74) is -0.549. The zero-order valence-corrected chi connectivity index (χ0v) is 15.4. The van der Waals surface area contributed by atoms with Crippen LogP contribution >= 0.6 is 0 Å². The Morgan fingerprint density at radius 1 is 1.32 bits per heavy atom. The molecule has 0 bridgehead atoms. The number of aliphatic hydroxyl groups is 1. The van der Waals surface area contributed by atoms with Crippen molar-refractivity contribution in [3.05, 3.63) is 40.3 Å². The summed E-state index contributed by atoms with van der Waals surface area (Å²) in [4.78, 5) is 24.6. The second kappa shape index (κ2) is 7.78. The number of nitrogens with zero attached hydrogens (tertiary/aromatic N) is 2. The van der Waals surface area contributed by atoms with Crippen molar-refractivity contribution in [2.45, 2.75) is 52.7 Å². The van der Waals surface area contributed by atoms with Crippen LogP contribution in [0.4, 0.5) is 0 Å². The molecule has 6 nitrogen and oxygen atoms in total. The van der Waals surface area contributed by atoms with Gasteiger partial charge in [-0.25, -0.2) is 4.68 Å². The minimum absolute atomic E-state index is 0.153. The van der Waals surface area contributed by atoms with Crippen LogP contribution in [0.25, 0.3) is 10.8 Å². The monoisotopic (exact) mass is 345 g/mol. The van der Waals surface area contributed by atoms with Crippen molar-refractivity contribution < 1.29 is 9.90 Å². The van der Waals surface area contributed by atoms with Gasteiger partial charge in [-0.3, -0.25) is 9.59 Å². The van der Waals surface area contributed by atoms with Crippen LogP contribution in [0.3, 0.4) is 0 Å². The average molecular weight is 345 g/mol. The van der Waals surface area contributed by atoms with Gasteiger partial charge in [0.1, 0.15) is 6.54 Å². The predicted molar refractivity (Wildman–Crippen MR) is 98.4 cm³/mol. The van der Waals surface area contributed by atoms with E-state index in [1.807, 2.05) is 19.1 Å². The number of amides is 1. The quantitative estimate of drug-likeness (QED) is 0.804. The molecule has 0 aliphatic carbocycles. The second-order valence-electron chi connectivity index (χ2n) is 7.30. The third-order valence-electron chi connectivity index (χ3n) is 4.27. The summed E-state index contributed by atoms with van der Waals surface area (Å²) in [6, 6.07) is 7.22. The van der Waals surface area contributed by atoms with Gasteiger partial charge >= 0.3 is 0 Å². The Bertz CT molecular complexity index is 809. The number of benzene rings is 1. The lowest BCUT2D eigenvalue weighted by atomic mass is 9.95. The normalized spacial score (nSPS) is 13.8. The number of fused-ring (bicyclic) bond motifs is 1. The van der Waals surface area contributed by atoms with Gasteiger partial charge < -0.3 is 10.4 Å². The Balaban J connectivity index is 2.05. The summed E-state index contributed by atoms with van der Waals surface area (Å²) in [5, 5.41) is 18.6. The molecule has 25 heavy (non-hydrogen) atoms. The maximum Gasteiger partial charge on any atom is 0.275 e. The Kier molecular flexibility index (Phi) is 5.95. The molecule has 1 unspecified atom stereocenters. The number of carbonyl (C=O) groups is 1. The molecule has 1 aromatic heterocycles. The summed E-state index contributed by atoms with van der Waals surface area (Å²) in [6.45, 7) is 7.70. The minimum Gasteiger partial charge on any atom is -0.388 e. The molecule has 0 aliphatic heterocycles. The first kappa shape index (κ1) is 19.1. The SMILES string of the molecule is Cc1nn(CC(=O)NCC(C)(O)CCC(C)C)c(=O)c2ccccc12. The smallest absolute Gasteiger partial charge is 0.275 e. The molecule has 2 aromatic rings. The van der Waals surface area contributed by atoms with Crippen molar-refractivity contribution in [1.82, 2.24) is 15.1 Å². The van der Waals surface area contributed by atoms with Crippen LogP contribution in [0.5, 0.6) is 0 Å². The third-order valence-corrected chi connectivity index (χ3v) is 4.27. The highest BCUT2D eigenvalue weighted by molar-refractivity contribution is 5.83. The summed E-state index contributed by atoms with van der Waals surface area (Å²) >= 11 is 0. The Hall–Kier alpha value is -2.21. The lowest BCUT2D eigenvalue weighted by Gasteiger charge is -2.24. The highest BCUT2D eigenvalue weighted by atomic mass is 16.3. The van der Waals surface area contributed by atoms with Crippen LogP contribution in [-0.4, -0.2) is 32.9 Å². The molecule has 136 valence electrons. The molecule has 2 rings (SSSR count). The fourth-order valence-corrected chi connectivity index (χ4v) is 2.68. The van der Waals surface area contributed by atoms with E-state index in [-0.39, 0.29) is 24.6 Å². The largest absolute Gasteiger partial charge is 0.388 e. The van der Waals surface area contributed by atoms with Gasteiger partial charge in [-0.2, -0.15) is 5.10 Å². The van der Waals surface area contributed by atoms with E-state index in [1.165, 1.54) is 4.68 Å². The summed E-state index contributed by atoms with van der Waals surface area (Å²) in [7, 11) is 0. The van der Waals surface area contributed by atoms with Gasteiger partial charge in [0.25, 0.3) is 5.56 Å². The topological polar surface area (TPSA) is 84.2 Å². The molecule has 1 heterocycles. The van der Waals surface area contributed by atoms with Crippen LogP contribution in [0.2, 0.25) is 0 Å². The van der Waals surface area contributed by atoms with Gasteiger partial charge in [-0.15, -0.1) is 0 Å². The zero-order chi connectivity index (χ0) is 18.6. The number of hydrogen-bond donors (Lipinski definition) is 2. The van der Waals surface area contributed by atoms with E-state index >= 15 is 0 Å². The first-order chi connectivity index (χ1) is 11.7. The number of aryl methyl sites for hydroxylation is 1. The van der Waals surface area contributed by atoms with Crippen molar-refractivity contribution in [3.8, 4) is 0 Å². The number of rotatable bonds is 7. The highest BCUT2D eigenvalue weighted by Gasteiger charge is 2.21. The van der Waals surface area contributed by atoms with Crippen molar-refractivity contribution in [2.24, 2.45) is 5.92 Å². The van der Waals surface area contributed by atoms with Crippen LogP contribution in [0.1, 0.15) is 39.3 Å². The Morgan fingerprint density at radius 2 is 1.96 bits per heavy atom. The van der Waals surface area contributed by atoms with Gasteiger partial charge in [0.2, 0.25) is 5.91 Å². The molecule has 0 saturated carbocycles. The number of carbonyl (C=O) groups excluding carboxylic acids is 1. The van der Waals surface area contributed by atoms with E-state index in [0.717, 1.165) is 11.8 Å². The fourth-order valence-electron chi connectivity index (χ4n) is 2.68. The molecule has 1 aromatic carbocycles. The zero-order valence-electron chi connectivity index (χ0n) is 15.4. The maximum atomic E-state index is 12.5. The number of aromatic nitrogens is 2. The van der Waals surface area contributed by atoms with Gasteiger partial charge in [-0.05, 0) is 38.7 Å². The van der Waals surface area contributed by atoms with Crippen molar-refractivity contribution in [3.63, 3.8) is 0 Å². The summed E-state index contributed by atoms with van der Waals surface area (Å²) in [5.74, 6) is 0.152. The molecular weight excluding hydrogens is 318 g/mol. The first-order valence-corrected chi connectivity index (χ1v) is 8.65. The molecule has 0 fully saturated rings. The molecular formula is C19H27N3O3. The maximum absolute atomic E-state index is 12.5. The van der Waals surface area contributed by atoms with E-state index in [4.69, 9.17) is 0 Å². The van der Waals surface area contributed by atoms with Gasteiger partial charge in [0, 0.05) is 11.9 Å². The second-order valence-corrected chi connectivity index (χ2v) is 7.30. The van der Waals surface area contributed by atoms with Crippen LogP contribution in [0, 0.1) is 12.8 Å². The Labute approximate surface area is 147 Å². The fraction of sp³-hybridized carbons (Fsp3) is 0.526. The average Bonchev–Trinajstić information content (AvgIpc) is 2.56. The summed E-state index contributed by atoms with van der Waals surface area (Å²) in [6.07, 6.45) is 1.49. The van der Waals surface area contributed by atoms with Crippen molar-refractivity contribution in [1.29, 1.82) is 0 Å². The molecule has 0 radical (unpaired) electrons. The van der Waals surface area contributed by atoms with Gasteiger partial charge in [0.05, 0.1) is 16.7 Å². The molecule has 2 N–H and O–H groups in total. The number of hydrogen-bond acceptors (Lipinski definition) is 4. The van der Waals surface area contributed by atoms with Gasteiger partial charge in [0.15, 0.2) is 0 Å². The lowest BCUT2D eigenvalue weighted by Crippen LogP contribution is -2.43. The van der Waals surface area contributed by atoms with Crippen LogP contribution in [0.15, 0.2) is 29.1 Å². The molecule has 0 spiro atoms. The van der Waals surface area contributed by atoms with Crippen molar-refractivity contribution >= 4 is 16.7 Å². The Morgan fingerprint density at radius 3 is 2.60 bits per heavy atom.